The van der Waals surface area contributed by atoms with Crippen molar-refractivity contribution in [2.75, 3.05) is 13.1 Å². The van der Waals surface area contributed by atoms with Crippen LogP contribution >= 0.6 is 0 Å². The van der Waals surface area contributed by atoms with Crippen molar-refractivity contribution in [1.29, 1.82) is 0 Å². The first-order valence-corrected chi connectivity index (χ1v) is 8.96. The predicted octanol–water partition coefficient (Wildman–Crippen LogP) is 2.13. The molecule has 1 fully saturated rings. The van der Waals surface area contributed by atoms with Crippen LogP contribution in [0.3, 0.4) is 0 Å². The molecule has 25 heavy (non-hydrogen) atoms. The highest BCUT2D eigenvalue weighted by atomic mass is 16.4. The van der Waals surface area contributed by atoms with Gasteiger partial charge in [-0.2, -0.15) is 5.10 Å². The maximum atomic E-state index is 12.1. The molecule has 0 spiro atoms. The van der Waals surface area contributed by atoms with Crippen LogP contribution in [0.2, 0.25) is 0 Å². The molecular weight excluding hydrogens is 318 g/mol. The molecule has 1 atom stereocenters. The molecule has 4 rings (SSSR count). The Morgan fingerprint density at radius 1 is 1.20 bits per heavy atom. The van der Waals surface area contributed by atoms with Crippen LogP contribution in [-0.2, 0) is 13.1 Å². The van der Waals surface area contributed by atoms with Crippen molar-refractivity contribution in [3.8, 4) is 0 Å². The van der Waals surface area contributed by atoms with E-state index in [4.69, 9.17) is 4.42 Å². The largest absolute Gasteiger partial charge is 0.419 e. The number of fused-ring (bicyclic) bond motifs is 1. The van der Waals surface area contributed by atoms with E-state index in [1.807, 2.05) is 28.9 Å². The summed E-state index contributed by atoms with van der Waals surface area (Å²) in [6.45, 7) is 3.66. The van der Waals surface area contributed by atoms with Crippen LogP contribution in [0.5, 0.6) is 0 Å². The molecule has 1 aliphatic rings. The Kier molecular flexibility index (Phi) is 4.65. The van der Waals surface area contributed by atoms with E-state index in [9.17, 15) is 4.79 Å². The summed E-state index contributed by atoms with van der Waals surface area (Å²) in [5.41, 5.74) is 1.54. The molecule has 1 aliphatic heterocycles. The second-order valence-corrected chi connectivity index (χ2v) is 6.64. The van der Waals surface area contributed by atoms with Gasteiger partial charge in [0.15, 0.2) is 5.58 Å². The van der Waals surface area contributed by atoms with Gasteiger partial charge < -0.3 is 4.42 Å². The Morgan fingerprint density at radius 3 is 3.00 bits per heavy atom. The number of nitrogens with zero attached hydrogens (tertiary/aromatic N) is 5. The lowest BCUT2D eigenvalue weighted by Gasteiger charge is -2.35. The highest BCUT2D eigenvalue weighted by Gasteiger charge is 2.22. The predicted molar refractivity (Wildman–Crippen MR) is 94.3 cm³/mol. The van der Waals surface area contributed by atoms with Gasteiger partial charge in [-0.05, 0) is 37.9 Å². The molecule has 0 aliphatic carbocycles. The zero-order chi connectivity index (χ0) is 17.1. The third-order valence-corrected chi connectivity index (χ3v) is 5.01. The van der Waals surface area contributed by atoms with E-state index >= 15 is 0 Å². The molecule has 7 heteroatoms. The normalized spacial score (nSPS) is 18.8. The van der Waals surface area contributed by atoms with Gasteiger partial charge in [0.2, 0.25) is 0 Å². The smallest absolute Gasteiger partial charge is 0.408 e. The highest BCUT2D eigenvalue weighted by Crippen LogP contribution is 2.19. The zero-order valence-corrected chi connectivity index (χ0v) is 14.3. The minimum Gasteiger partial charge on any atom is -0.408 e. The summed E-state index contributed by atoms with van der Waals surface area (Å²) >= 11 is 0. The Hall–Kier alpha value is -2.41. The second-order valence-electron chi connectivity index (χ2n) is 6.64. The fraction of sp³-hybridized carbons (Fsp3) is 0.500. The topological polar surface area (TPSA) is 69.1 Å². The van der Waals surface area contributed by atoms with Gasteiger partial charge in [0.25, 0.3) is 0 Å². The number of likely N-dealkylation sites (tertiary alicyclic amines) is 1. The van der Waals surface area contributed by atoms with E-state index in [2.05, 4.69) is 15.0 Å². The number of piperidine rings is 1. The fourth-order valence-electron chi connectivity index (χ4n) is 3.76. The summed E-state index contributed by atoms with van der Waals surface area (Å²) in [4.78, 5) is 18.6. The minimum absolute atomic E-state index is 0.265. The number of benzene rings is 1. The van der Waals surface area contributed by atoms with Crippen molar-refractivity contribution in [3.63, 3.8) is 0 Å². The average Bonchev–Trinajstić information content (AvgIpc) is 3.24. The van der Waals surface area contributed by atoms with Crippen molar-refractivity contribution in [2.45, 2.75) is 44.8 Å². The van der Waals surface area contributed by atoms with Gasteiger partial charge in [-0.3, -0.25) is 14.1 Å². The van der Waals surface area contributed by atoms with Gasteiger partial charge in [-0.15, -0.1) is 0 Å². The Bertz CT molecular complexity index is 867. The van der Waals surface area contributed by atoms with Gasteiger partial charge in [0.05, 0.1) is 12.1 Å². The molecule has 2 aromatic heterocycles. The third kappa shape index (κ3) is 3.51. The van der Waals surface area contributed by atoms with Crippen LogP contribution in [-0.4, -0.2) is 43.4 Å². The molecule has 3 aromatic rings. The minimum atomic E-state index is -0.265. The fourth-order valence-corrected chi connectivity index (χ4v) is 3.76. The van der Waals surface area contributed by atoms with E-state index in [1.165, 1.54) is 19.3 Å². The second kappa shape index (κ2) is 7.23. The van der Waals surface area contributed by atoms with Crippen molar-refractivity contribution >= 4 is 11.1 Å². The monoisotopic (exact) mass is 341 g/mol. The molecule has 0 amide bonds. The summed E-state index contributed by atoms with van der Waals surface area (Å²) in [5, 5.41) is 4.23. The lowest BCUT2D eigenvalue weighted by atomic mass is 10.0. The Labute approximate surface area is 145 Å². The molecule has 0 unspecified atom stereocenters. The number of oxazole rings is 1. The third-order valence-electron chi connectivity index (χ3n) is 5.01. The van der Waals surface area contributed by atoms with Gasteiger partial charge in [0.1, 0.15) is 12.7 Å². The maximum absolute atomic E-state index is 12.1. The van der Waals surface area contributed by atoms with Crippen LogP contribution in [0.4, 0.5) is 0 Å². The number of hydrogen-bond acceptors (Lipinski definition) is 5. The van der Waals surface area contributed by atoms with E-state index < -0.39 is 0 Å². The summed E-state index contributed by atoms with van der Waals surface area (Å²) in [6, 6.07) is 8.10. The average molecular weight is 341 g/mol. The maximum Gasteiger partial charge on any atom is 0.419 e. The van der Waals surface area contributed by atoms with E-state index in [0.717, 1.165) is 31.6 Å². The first kappa shape index (κ1) is 16.1. The lowest BCUT2D eigenvalue weighted by Crippen LogP contribution is -2.43. The van der Waals surface area contributed by atoms with Crippen molar-refractivity contribution in [3.05, 3.63) is 47.5 Å². The first-order valence-electron chi connectivity index (χ1n) is 8.96. The van der Waals surface area contributed by atoms with Crippen LogP contribution in [0.15, 0.2) is 46.1 Å². The van der Waals surface area contributed by atoms with Gasteiger partial charge in [0, 0.05) is 19.1 Å². The lowest BCUT2D eigenvalue weighted by molar-refractivity contribution is 0.126. The quantitative estimate of drug-likeness (QED) is 0.687. The van der Waals surface area contributed by atoms with E-state index in [0.29, 0.717) is 18.2 Å². The summed E-state index contributed by atoms with van der Waals surface area (Å²) < 4.78 is 8.96. The SMILES string of the molecule is O=c1oc2ccccc2n1CCCN1CCCC[C@H]1Cn1cncn1. The number of aromatic nitrogens is 4. The van der Waals surface area contributed by atoms with E-state index in [-0.39, 0.29) is 5.76 Å². The Balaban J connectivity index is 1.39. The molecule has 7 nitrogen and oxygen atoms in total. The van der Waals surface area contributed by atoms with Crippen LogP contribution in [0, 0.1) is 0 Å². The standard InChI is InChI=1S/C18H23N5O2/c24-18-23(16-7-1-2-8-17(16)25-18)11-5-10-21-9-4-3-6-15(21)12-22-14-19-13-20-22/h1-2,7-8,13-15H,3-6,9-12H2/t15-/m0/s1. The van der Waals surface area contributed by atoms with Crippen molar-refractivity contribution < 1.29 is 4.42 Å². The number of para-hydroxylation sites is 2. The first-order chi connectivity index (χ1) is 12.3. The number of hydrogen-bond donors (Lipinski definition) is 0. The van der Waals surface area contributed by atoms with Gasteiger partial charge in [-0.25, -0.2) is 9.78 Å². The molecule has 1 aromatic carbocycles. The highest BCUT2D eigenvalue weighted by molar-refractivity contribution is 5.72. The van der Waals surface area contributed by atoms with Crippen LogP contribution in [0.25, 0.3) is 11.1 Å². The van der Waals surface area contributed by atoms with Crippen LogP contribution < -0.4 is 5.76 Å². The molecule has 0 saturated carbocycles. The van der Waals surface area contributed by atoms with E-state index in [1.54, 1.807) is 17.2 Å². The molecule has 0 N–H and O–H groups in total. The number of rotatable bonds is 6. The molecule has 3 heterocycles. The molecule has 1 saturated heterocycles. The molecule has 0 bridgehead atoms. The Morgan fingerprint density at radius 2 is 2.12 bits per heavy atom. The van der Waals surface area contributed by atoms with Crippen LogP contribution in [0.1, 0.15) is 25.7 Å². The molecule has 132 valence electrons. The number of aryl methyl sites for hydroxylation is 1. The van der Waals surface area contributed by atoms with Crippen molar-refractivity contribution in [2.24, 2.45) is 0 Å². The summed E-state index contributed by atoms with van der Waals surface area (Å²) in [7, 11) is 0. The van der Waals surface area contributed by atoms with Gasteiger partial charge in [-0.1, -0.05) is 18.6 Å². The summed E-state index contributed by atoms with van der Waals surface area (Å²) in [5.74, 6) is -0.265. The summed E-state index contributed by atoms with van der Waals surface area (Å²) in [6.07, 6.45) is 7.99. The van der Waals surface area contributed by atoms with Gasteiger partial charge >= 0.3 is 5.76 Å². The molecule has 0 radical (unpaired) electrons. The zero-order valence-electron chi connectivity index (χ0n) is 14.3. The van der Waals surface area contributed by atoms with Crippen molar-refractivity contribution in [1.82, 2.24) is 24.2 Å². The molecular formula is C18H23N5O2.